The molecule has 0 atom stereocenters. The van der Waals surface area contributed by atoms with Gasteiger partial charge < -0.3 is 9.26 Å². The van der Waals surface area contributed by atoms with E-state index in [2.05, 4.69) is 10.1 Å². The van der Waals surface area contributed by atoms with Gasteiger partial charge in [0, 0.05) is 10.6 Å². The van der Waals surface area contributed by atoms with E-state index in [1.807, 2.05) is 0 Å². The minimum atomic E-state index is -0.534. The van der Waals surface area contributed by atoms with Gasteiger partial charge in [-0.25, -0.2) is 9.18 Å². The maximum Gasteiger partial charge on any atom is 0.338 e. The van der Waals surface area contributed by atoms with Crippen molar-refractivity contribution in [3.63, 3.8) is 0 Å². The second kappa shape index (κ2) is 6.80. The highest BCUT2D eigenvalue weighted by atomic mass is 35.5. The minimum absolute atomic E-state index is 0.119. The van der Waals surface area contributed by atoms with Crippen LogP contribution in [0.1, 0.15) is 21.8 Å². The standard InChI is InChI=1S/C17H12ClFN2O3/c1-10-2-3-12(8-14(10)19)16-20-15(24-21-16)9-23-17(22)11-4-6-13(18)7-5-11/h2-8H,9H2,1H3. The lowest BCUT2D eigenvalue weighted by Gasteiger charge is -2.01. The van der Waals surface area contributed by atoms with Crippen LogP contribution >= 0.6 is 11.6 Å². The Balaban J connectivity index is 1.66. The largest absolute Gasteiger partial charge is 0.452 e. The van der Waals surface area contributed by atoms with Gasteiger partial charge in [-0.1, -0.05) is 28.9 Å². The number of halogens is 2. The number of nitrogens with zero attached hydrogens (tertiary/aromatic N) is 2. The average molecular weight is 347 g/mol. The normalized spacial score (nSPS) is 10.6. The van der Waals surface area contributed by atoms with Crippen LogP contribution in [0.5, 0.6) is 0 Å². The Morgan fingerprint density at radius 1 is 1.25 bits per heavy atom. The van der Waals surface area contributed by atoms with Crippen LogP contribution in [-0.4, -0.2) is 16.1 Å². The van der Waals surface area contributed by atoms with Crippen LogP contribution in [0.25, 0.3) is 11.4 Å². The zero-order valence-corrected chi connectivity index (χ0v) is 13.4. The van der Waals surface area contributed by atoms with E-state index in [1.54, 1.807) is 43.3 Å². The first-order valence-electron chi connectivity index (χ1n) is 7.05. The van der Waals surface area contributed by atoms with E-state index in [0.717, 1.165) is 0 Å². The molecule has 3 rings (SSSR count). The molecule has 5 nitrogen and oxygen atoms in total. The highest BCUT2D eigenvalue weighted by molar-refractivity contribution is 6.30. The Hall–Kier alpha value is -2.73. The molecule has 0 unspecified atom stereocenters. The first kappa shape index (κ1) is 16.1. The van der Waals surface area contributed by atoms with Gasteiger partial charge in [-0.2, -0.15) is 4.98 Å². The van der Waals surface area contributed by atoms with E-state index in [4.69, 9.17) is 20.9 Å². The number of ether oxygens (including phenoxy) is 1. The van der Waals surface area contributed by atoms with Crippen LogP contribution in [0.2, 0.25) is 5.02 Å². The highest BCUT2D eigenvalue weighted by Gasteiger charge is 2.13. The summed E-state index contributed by atoms with van der Waals surface area (Å²) in [7, 11) is 0. The fraction of sp³-hybridized carbons (Fsp3) is 0.118. The highest BCUT2D eigenvalue weighted by Crippen LogP contribution is 2.19. The molecule has 1 aromatic heterocycles. The molecule has 7 heteroatoms. The number of carbonyl (C=O) groups is 1. The van der Waals surface area contributed by atoms with Gasteiger partial charge in [0.05, 0.1) is 5.56 Å². The Morgan fingerprint density at radius 2 is 2.00 bits per heavy atom. The van der Waals surface area contributed by atoms with Crippen LogP contribution in [-0.2, 0) is 11.3 Å². The van der Waals surface area contributed by atoms with Crippen molar-refractivity contribution in [2.45, 2.75) is 13.5 Å². The summed E-state index contributed by atoms with van der Waals surface area (Å²) in [4.78, 5) is 16.0. The molecule has 0 amide bonds. The molecule has 0 fully saturated rings. The Bertz CT molecular complexity index is 878. The third-order valence-corrected chi connectivity index (χ3v) is 3.56. The van der Waals surface area contributed by atoms with E-state index < -0.39 is 5.97 Å². The van der Waals surface area contributed by atoms with Gasteiger partial charge in [0.1, 0.15) is 5.82 Å². The van der Waals surface area contributed by atoms with Crippen molar-refractivity contribution >= 4 is 17.6 Å². The van der Waals surface area contributed by atoms with Gasteiger partial charge in [-0.15, -0.1) is 0 Å². The van der Waals surface area contributed by atoms with Crippen molar-refractivity contribution < 1.29 is 18.4 Å². The van der Waals surface area contributed by atoms with Crippen molar-refractivity contribution in [1.29, 1.82) is 0 Å². The van der Waals surface area contributed by atoms with Gasteiger partial charge in [-0.05, 0) is 42.8 Å². The monoisotopic (exact) mass is 346 g/mol. The summed E-state index contributed by atoms with van der Waals surface area (Å²) >= 11 is 5.76. The number of rotatable bonds is 4. The molecule has 122 valence electrons. The molecule has 2 aromatic carbocycles. The molecule has 0 spiro atoms. The molecule has 1 heterocycles. The summed E-state index contributed by atoms with van der Waals surface area (Å²) in [5.41, 5.74) is 1.37. The fourth-order valence-electron chi connectivity index (χ4n) is 1.96. The van der Waals surface area contributed by atoms with Gasteiger partial charge in [0.15, 0.2) is 6.61 Å². The lowest BCUT2D eigenvalue weighted by Crippen LogP contribution is -2.05. The van der Waals surface area contributed by atoms with Gasteiger partial charge in [-0.3, -0.25) is 0 Å². The van der Waals surface area contributed by atoms with Gasteiger partial charge >= 0.3 is 5.97 Å². The number of hydrogen-bond donors (Lipinski definition) is 0. The number of aryl methyl sites for hydroxylation is 1. The Labute approximate surface area is 142 Å². The summed E-state index contributed by atoms with van der Waals surface area (Å²) in [5.74, 6) is -0.541. The molecule has 0 N–H and O–H groups in total. The van der Waals surface area contributed by atoms with Crippen LogP contribution in [0, 0.1) is 12.7 Å². The predicted molar refractivity (Wildman–Crippen MR) is 85.0 cm³/mol. The smallest absolute Gasteiger partial charge is 0.338 e. The lowest BCUT2D eigenvalue weighted by atomic mass is 10.1. The second-order valence-corrected chi connectivity index (χ2v) is 5.50. The molecule has 0 aliphatic heterocycles. The minimum Gasteiger partial charge on any atom is -0.452 e. The summed E-state index contributed by atoms with van der Waals surface area (Å²) < 4.78 is 23.7. The third-order valence-electron chi connectivity index (χ3n) is 3.30. The number of carbonyl (C=O) groups excluding carboxylic acids is 1. The summed E-state index contributed by atoms with van der Waals surface area (Å²) in [6.45, 7) is 1.49. The molecule has 0 saturated heterocycles. The lowest BCUT2D eigenvalue weighted by molar-refractivity contribution is 0.0430. The number of esters is 1. The van der Waals surface area contributed by atoms with Crippen molar-refractivity contribution in [2.75, 3.05) is 0 Å². The molecule has 0 bridgehead atoms. The summed E-state index contributed by atoms with van der Waals surface area (Å²) in [5, 5.41) is 4.28. The average Bonchev–Trinajstić information content (AvgIpc) is 3.05. The molecular weight excluding hydrogens is 335 g/mol. The zero-order valence-electron chi connectivity index (χ0n) is 12.6. The summed E-state index contributed by atoms with van der Waals surface area (Å²) in [6, 6.07) is 10.9. The predicted octanol–water partition coefficient (Wildman–Crippen LogP) is 4.19. The summed E-state index contributed by atoms with van der Waals surface area (Å²) in [6.07, 6.45) is 0. The Kier molecular flexibility index (Phi) is 4.57. The van der Waals surface area contributed by atoms with Gasteiger partial charge in [0.2, 0.25) is 5.82 Å². The zero-order chi connectivity index (χ0) is 17.1. The van der Waals surface area contributed by atoms with E-state index in [1.165, 1.54) is 6.07 Å². The number of benzene rings is 2. The van der Waals surface area contributed by atoms with E-state index in [9.17, 15) is 9.18 Å². The van der Waals surface area contributed by atoms with Crippen LogP contribution in [0.3, 0.4) is 0 Å². The maximum atomic E-state index is 13.6. The number of hydrogen-bond acceptors (Lipinski definition) is 5. The molecule has 0 radical (unpaired) electrons. The molecule has 0 aliphatic rings. The third kappa shape index (κ3) is 3.60. The number of aromatic nitrogens is 2. The van der Waals surface area contributed by atoms with Crippen LogP contribution < -0.4 is 0 Å². The SMILES string of the molecule is Cc1ccc(-c2noc(COC(=O)c3ccc(Cl)cc3)n2)cc1F. The van der Waals surface area contributed by atoms with Crippen LogP contribution in [0.4, 0.5) is 4.39 Å². The topological polar surface area (TPSA) is 65.2 Å². The first-order valence-corrected chi connectivity index (χ1v) is 7.42. The van der Waals surface area contributed by atoms with Crippen molar-refractivity contribution in [2.24, 2.45) is 0 Å². The molecule has 0 aliphatic carbocycles. The van der Waals surface area contributed by atoms with Crippen molar-refractivity contribution in [3.05, 3.63) is 70.3 Å². The molecule has 0 saturated carbocycles. The molecule has 3 aromatic rings. The van der Waals surface area contributed by atoms with Crippen molar-refractivity contribution in [3.8, 4) is 11.4 Å². The van der Waals surface area contributed by atoms with Gasteiger partial charge in [0.25, 0.3) is 5.89 Å². The fourth-order valence-corrected chi connectivity index (χ4v) is 2.09. The first-order chi connectivity index (χ1) is 11.5. The molecular formula is C17H12ClFN2O3. The maximum absolute atomic E-state index is 13.6. The van der Waals surface area contributed by atoms with E-state index in [0.29, 0.717) is 21.7 Å². The van der Waals surface area contributed by atoms with E-state index in [-0.39, 0.29) is 24.1 Å². The van der Waals surface area contributed by atoms with E-state index >= 15 is 0 Å². The molecule has 24 heavy (non-hydrogen) atoms. The van der Waals surface area contributed by atoms with Crippen molar-refractivity contribution in [1.82, 2.24) is 10.1 Å². The van der Waals surface area contributed by atoms with Crippen LogP contribution in [0.15, 0.2) is 47.0 Å². The Morgan fingerprint density at radius 3 is 2.71 bits per heavy atom. The second-order valence-electron chi connectivity index (χ2n) is 5.06. The quantitative estimate of drug-likeness (QED) is 0.662.